The lowest BCUT2D eigenvalue weighted by molar-refractivity contribution is -0.120. The van der Waals surface area contributed by atoms with Crippen LogP contribution in [-0.4, -0.2) is 33.2 Å². The van der Waals surface area contributed by atoms with Gasteiger partial charge in [0.15, 0.2) is 0 Å². The Kier molecular flexibility index (Phi) is 6.87. The Balaban J connectivity index is 2.62. The van der Waals surface area contributed by atoms with Crippen molar-refractivity contribution in [3.05, 3.63) is 23.8 Å². The summed E-state index contributed by atoms with van der Waals surface area (Å²) in [4.78, 5) is 11.6. The van der Waals surface area contributed by atoms with E-state index in [-0.39, 0.29) is 18.5 Å². The van der Waals surface area contributed by atoms with Gasteiger partial charge in [-0.3, -0.25) is 4.79 Å². The molecule has 0 aromatic heterocycles. The molecule has 1 atom stereocenters. The van der Waals surface area contributed by atoms with Crippen LogP contribution < -0.4 is 20.1 Å². The highest BCUT2D eigenvalue weighted by Crippen LogP contribution is 2.29. The lowest BCUT2D eigenvalue weighted by atomic mass is 10.1. The predicted molar refractivity (Wildman–Crippen MR) is 79.3 cm³/mol. The fourth-order valence-corrected chi connectivity index (χ4v) is 1.86. The van der Waals surface area contributed by atoms with Gasteiger partial charge in [-0.05, 0) is 19.4 Å². The average Bonchev–Trinajstić information content (AvgIpc) is 2.49. The fourth-order valence-electron chi connectivity index (χ4n) is 1.86. The molecule has 0 radical (unpaired) electrons. The molecule has 1 rings (SSSR count). The van der Waals surface area contributed by atoms with Crippen molar-refractivity contribution in [1.29, 1.82) is 0 Å². The highest BCUT2D eigenvalue weighted by atomic mass is 16.5. The molecule has 1 amide bonds. The van der Waals surface area contributed by atoms with Crippen molar-refractivity contribution in [2.45, 2.75) is 26.3 Å². The van der Waals surface area contributed by atoms with E-state index in [1.54, 1.807) is 14.2 Å². The van der Waals surface area contributed by atoms with Gasteiger partial charge >= 0.3 is 0 Å². The number of methoxy groups -OCH3 is 2. The number of benzene rings is 1. The smallest absolute Gasteiger partial charge is 0.233 e. The summed E-state index contributed by atoms with van der Waals surface area (Å²) in [6.07, 6.45) is 0.938. The lowest BCUT2D eigenvalue weighted by Gasteiger charge is -2.18. The van der Waals surface area contributed by atoms with Crippen LogP contribution in [0.1, 0.15) is 31.9 Å². The normalized spacial score (nSPS) is 11.8. The van der Waals surface area contributed by atoms with Gasteiger partial charge in [0.1, 0.15) is 11.5 Å². The van der Waals surface area contributed by atoms with E-state index in [2.05, 4.69) is 10.6 Å². The molecule has 112 valence electrons. The highest BCUT2D eigenvalue weighted by molar-refractivity contribution is 5.78. The van der Waals surface area contributed by atoms with Crippen LogP contribution in [0.5, 0.6) is 11.5 Å². The molecule has 0 saturated carbocycles. The van der Waals surface area contributed by atoms with E-state index in [4.69, 9.17) is 9.47 Å². The van der Waals surface area contributed by atoms with E-state index in [0.717, 1.165) is 23.5 Å². The maximum absolute atomic E-state index is 11.6. The molecule has 0 bridgehead atoms. The molecule has 0 aliphatic rings. The second-order valence-corrected chi connectivity index (χ2v) is 4.56. The van der Waals surface area contributed by atoms with Gasteiger partial charge in [-0.2, -0.15) is 0 Å². The van der Waals surface area contributed by atoms with Crippen molar-refractivity contribution in [1.82, 2.24) is 10.6 Å². The van der Waals surface area contributed by atoms with Crippen LogP contribution in [0, 0.1) is 0 Å². The Bertz CT molecular complexity index is 435. The summed E-state index contributed by atoms with van der Waals surface area (Å²) >= 11 is 0. The summed E-state index contributed by atoms with van der Waals surface area (Å²) in [6, 6.07) is 5.68. The van der Waals surface area contributed by atoms with Crippen LogP contribution in [0.4, 0.5) is 0 Å². The molecule has 0 saturated heterocycles. The quantitative estimate of drug-likeness (QED) is 0.763. The van der Waals surface area contributed by atoms with E-state index < -0.39 is 0 Å². The Morgan fingerprint density at radius 2 is 2.05 bits per heavy atom. The van der Waals surface area contributed by atoms with E-state index in [1.807, 2.05) is 32.0 Å². The summed E-state index contributed by atoms with van der Waals surface area (Å²) in [5.41, 5.74) is 0.997. The molecule has 0 heterocycles. The Labute approximate surface area is 120 Å². The van der Waals surface area contributed by atoms with Crippen molar-refractivity contribution in [3.8, 4) is 11.5 Å². The minimum atomic E-state index is 0.00572. The summed E-state index contributed by atoms with van der Waals surface area (Å²) in [5.74, 6) is 1.50. The van der Waals surface area contributed by atoms with E-state index in [0.29, 0.717) is 6.54 Å². The molecule has 20 heavy (non-hydrogen) atoms. The van der Waals surface area contributed by atoms with Crippen LogP contribution in [0.2, 0.25) is 0 Å². The van der Waals surface area contributed by atoms with Crippen molar-refractivity contribution in [3.63, 3.8) is 0 Å². The number of carbonyl (C=O) groups excluding carboxylic acids is 1. The third-order valence-corrected chi connectivity index (χ3v) is 3.05. The lowest BCUT2D eigenvalue weighted by Crippen LogP contribution is -2.35. The van der Waals surface area contributed by atoms with Crippen LogP contribution in [0.3, 0.4) is 0 Å². The van der Waals surface area contributed by atoms with Gasteiger partial charge in [-0.15, -0.1) is 0 Å². The minimum Gasteiger partial charge on any atom is -0.497 e. The number of amides is 1. The summed E-state index contributed by atoms with van der Waals surface area (Å²) in [7, 11) is 3.24. The number of carbonyl (C=O) groups is 1. The van der Waals surface area contributed by atoms with Gasteiger partial charge < -0.3 is 20.1 Å². The third kappa shape index (κ3) is 4.74. The summed E-state index contributed by atoms with van der Waals surface area (Å²) in [6.45, 7) is 5.02. The Morgan fingerprint density at radius 1 is 1.30 bits per heavy atom. The molecule has 0 spiro atoms. The zero-order valence-corrected chi connectivity index (χ0v) is 12.7. The van der Waals surface area contributed by atoms with Crippen molar-refractivity contribution in [2.24, 2.45) is 0 Å². The van der Waals surface area contributed by atoms with Crippen LogP contribution in [0.25, 0.3) is 0 Å². The van der Waals surface area contributed by atoms with E-state index in [9.17, 15) is 4.79 Å². The van der Waals surface area contributed by atoms with E-state index >= 15 is 0 Å². The first-order valence-corrected chi connectivity index (χ1v) is 6.84. The SMILES string of the molecule is CCCNC(=O)CNC(C)c1ccc(OC)cc1OC. The highest BCUT2D eigenvalue weighted by Gasteiger charge is 2.13. The number of hydrogen-bond acceptors (Lipinski definition) is 4. The zero-order chi connectivity index (χ0) is 15.0. The van der Waals surface area contributed by atoms with Gasteiger partial charge in [-0.25, -0.2) is 0 Å². The van der Waals surface area contributed by atoms with Crippen LogP contribution >= 0.6 is 0 Å². The van der Waals surface area contributed by atoms with Gasteiger partial charge in [0.25, 0.3) is 0 Å². The molecule has 0 aliphatic heterocycles. The first-order chi connectivity index (χ1) is 9.62. The first kappa shape index (κ1) is 16.3. The molecule has 1 aromatic carbocycles. The van der Waals surface area contributed by atoms with Crippen LogP contribution in [-0.2, 0) is 4.79 Å². The van der Waals surface area contributed by atoms with Crippen molar-refractivity contribution >= 4 is 5.91 Å². The van der Waals surface area contributed by atoms with Crippen molar-refractivity contribution in [2.75, 3.05) is 27.3 Å². The standard InChI is InChI=1S/C15H24N2O3/c1-5-8-16-15(18)10-17-11(2)13-7-6-12(19-3)9-14(13)20-4/h6-7,9,11,17H,5,8,10H2,1-4H3,(H,16,18). The topological polar surface area (TPSA) is 59.6 Å². The second kappa shape index (κ2) is 8.43. The number of rotatable bonds is 8. The maximum Gasteiger partial charge on any atom is 0.233 e. The van der Waals surface area contributed by atoms with E-state index in [1.165, 1.54) is 0 Å². The molecule has 5 heteroatoms. The summed E-state index contributed by atoms with van der Waals surface area (Å²) < 4.78 is 10.5. The molecule has 0 fully saturated rings. The molecule has 1 unspecified atom stereocenters. The maximum atomic E-state index is 11.6. The second-order valence-electron chi connectivity index (χ2n) is 4.56. The van der Waals surface area contributed by atoms with Gasteiger partial charge in [0, 0.05) is 24.2 Å². The number of nitrogens with one attached hydrogen (secondary N) is 2. The average molecular weight is 280 g/mol. The fraction of sp³-hybridized carbons (Fsp3) is 0.533. The zero-order valence-electron chi connectivity index (χ0n) is 12.7. The first-order valence-electron chi connectivity index (χ1n) is 6.84. The molecule has 2 N–H and O–H groups in total. The summed E-state index contributed by atoms with van der Waals surface area (Å²) in [5, 5.41) is 6.02. The van der Waals surface area contributed by atoms with Gasteiger partial charge in [-0.1, -0.05) is 13.0 Å². The minimum absolute atomic E-state index is 0.00572. The van der Waals surface area contributed by atoms with Crippen molar-refractivity contribution < 1.29 is 14.3 Å². The number of hydrogen-bond donors (Lipinski definition) is 2. The number of ether oxygens (including phenoxy) is 2. The molecular formula is C15H24N2O3. The Hall–Kier alpha value is -1.75. The Morgan fingerprint density at radius 3 is 2.65 bits per heavy atom. The molecular weight excluding hydrogens is 256 g/mol. The monoisotopic (exact) mass is 280 g/mol. The van der Waals surface area contributed by atoms with Crippen LogP contribution in [0.15, 0.2) is 18.2 Å². The molecule has 0 aliphatic carbocycles. The molecule has 1 aromatic rings. The third-order valence-electron chi connectivity index (χ3n) is 3.05. The van der Waals surface area contributed by atoms with Gasteiger partial charge in [0.05, 0.1) is 20.8 Å². The predicted octanol–water partition coefficient (Wildman–Crippen LogP) is 1.88. The van der Waals surface area contributed by atoms with Gasteiger partial charge in [0.2, 0.25) is 5.91 Å². The molecule has 5 nitrogen and oxygen atoms in total. The largest absolute Gasteiger partial charge is 0.497 e.